The quantitative estimate of drug-likeness (QED) is 0.395. The number of hydroxylamine groups is 1. The highest BCUT2D eigenvalue weighted by Gasteiger charge is 2.43. The lowest BCUT2D eigenvalue weighted by atomic mass is 10.0. The van der Waals surface area contributed by atoms with Gasteiger partial charge in [0.1, 0.15) is 11.6 Å². The summed E-state index contributed by atoms with van der Waals surface area (Å²) in [5.74, 6) is -1.03. The summed E-state index contributed by atoms with van der Waals surface area (Å²) in [5, 5.41) is 9.16. The first kappa shape index (κ1) is 24.3. The largest absolute Gasteiger partial charge is 0.363 e. The molecule has 0 saturated heterocycles. The van der Waals surface area contributed by atoms with E-state index in [2.05, 4.69) is 4.98 Å². The number of rotatable bonds is 7. The van der Waals surface area contributed by atoms with Gasteiger partial charge in [-0.25, -0.2) is 23.3 Å². The fourth-order valence-electron chi connectivity index (χ4n) is 3.43. The minimum absolute atomic E-state index is 0.115. The summed E-state index contributed by atoms with van der Waals surface area (Å²) in [5.41, 5.74) is 2.26. The van der Waals surface area contributed by atoms with Crippen molar-refractivity contribution in [2.24, 2.45) is 0 Å². The number of anilines is 1. The molecular weight excluding hydrogens is 451 g/mol. The lowest BCUT2D eigenvalue weighted by molar-refractivity contribution is -0.131. The molecule has 176 valence electrons. The lowest BCUT2D eigenvalue weighted by Gasteiger charge is -2.25. The van der Waals surface area contributed by atoms with Crippen LogP contribution in [0.2, 0.25) is 0 Å². The van der Waals surface area contributed by atoms with Gasteiger partial charge in [0.25, 0.3) is 11.5 Å². The molecule has 0 bridgehead atoms. The van der Waals surface area contributed by atoms with Crippen LogP contribution in [-0.4, -0.2) is 54.2 Å². The van der Waals surface area contributed by atoms with Crippen molar-refractivity contribution < 1.29 is 22.8 Å². The zero-order valence-corrected chi connectivity index (χ0v) is 19.5. The van der Waals surface area contributed by atoms with Crippen LogP contribution in [0.1, 0.15) is 13.3 Å². The second-order valence-corrected chi connectivity index (χ2v) is 10.7. The molecule has 1 atom stereocenters. The van der Waals surface area contributed by atoms with E-state index in [0.717, 1.165) is 35.3 Å². The van der Waals surface area contributed by atoms with E-state index in [4.69, 9.17) is 5.21 Å². The zero-order valence-electron chi connectivity index (χ0n) is 18.7. The molecule has 3 aromatic rings. The number of aryl methyl sites for hydroxylation is 1. The van der Waals surface area contributed by atoms with Gasteiger partial charge in [-0.15, -0.1) is 0 Å². The van der Waals surface area contributed by atoms with E-state index in [1.54, 1.807) is 18.3 Å². The lowest BCUT2D eigenvalue weighted by Crippen LogP contribution is -2.50. The average Bonchev–Trinajstić information content (AvgIpc) is 2.78. The molecule has 0 fully saturated rings. The van der Waals surface area contributed by atoms with Gasteiger partial charge < -0.3 is 9.47 Å². The SMILES string of the molecule is CN(C)c1ccc(-c2ccc3c(=O)n(CC[C@](C)(C(=O)NO)S(C)(=O)=O)cc(F)c3c2)cn1. The number of hydrogen-bond donors (Lipinski definition) is 2. The molecule has 2 aromatic heterocycles. The molecule has 33 heavy (non-hydrogen) atoms. The molecule has 1 amide bonds. The van der Waals surface area contributed by atoms with Crippen LogP contribution in [0.4, 0.5) is 10.2 Å². The van der Waals surface area contributed by atoms with Crippen LogP contribution < -0.4 is 15.9 Å². The van der Waals surface area contributed by atoms with Crippen LogP contribution in [0.3, 0.4) is 0 Å². The molecule has 0 aliphatic heterocycles. The van der Waals surface area contributed by atoms with Gasteiger partial charge in [-0.1, -0.05) is 6.07 Å². The number of amides is 1. The van der Waals surface area contributed by atoms with Gasteiger partial charge in [0.15, 0.2) is 14.6 Å². The number of benzene rings is 1. The van der Waals surface area contributed by atoms with Crippen molar-refractivity contribution in [1.82, 2.24) is 15.0 Å². The second-order valence-electron chi connectivity index (χ2n) is 8.23. The number of nitrogens with zero attached hydrogens (tertiary/aromatic N) is 3. The van der Waals surface area contributed by atoms with Gasteiger partial charge in [0, 0.05) is 50.2 Å². The summed E-state index contributed by atoms with van der Waals surface area (Å²) in [6.07, 6.45) is 3.16. The van der Waals surface area contributed by atoms with Crippen molar-refractivity contribution in [3.63, 3.8) is 0 Å². The summed E-state index contributed by atoms with van der Waals surface area (Å²) in [7, 11) is -0.210. The molecule has 11 heteroatoms. The summed E-state index contributed by atoms with van der Waals surface area (Å²) in [6.45, 7) is 0.887. The summed E-state index contributed by atoms with van der Waals surface area (Å²) in [4.78, 5) is 31.1. The normalized spacial score (nSPS) is 13.5. The van der Waals surface area contributed by atoms with E-state index >= 15 is 0 Å². The third-order valence-electron chi connectivity index (χ3n) is 5.81. The topological polar surface area (TPSA) is 122 Å². The minimum atomic E-state index is -3.95. The maximum absolute atomic E-state index is 15.0. The predicted octanol–water partition coefficient (Wildman–Crippen LogP) is 1.97. The number of carbonyl (C=O) groups excluding carboxylic acids is 1. The van der Waals surface area contributed by atoms with E-state index in [1.807, 2.05) is 31.1 Å². The van der Waals surface area contributed by atoms with Gasteiger partial charge in [-0.2, -0.15) is 0 Å². The number of pyridine rings is 2. The third-order valence-corrected chi connectivity index (χ3v) is 7.83. The van der Waals surface area contributed by atoms with E-state index in [-0.39, 0.29) is 23.7 Å². The fraction of sp³-hybridized carbons (Fsp3) is 0.318. The molecule has 0 aliphatic carbocycles. The molecule has 0 aliphatic rings. The number of sulfone groups is 1. The smallest absolute Gasteiger partial charge is 0.264 e. The van der Waals surface area contributed by atoms with Gasteiger partial charge in [0.2, 0.25) is 0 Å². The number of fused-ring (bicyclic) bond motifs is 1. The first-order valence-corrected chi connectivity index (χ1v) is 11.9. The molecule has 2 heterocycles. The first-order valence-electron chi connectivity index (χ1n) is 9.99. The number of halogens is 1. The third kappa shape index (κ3) is 4.60. The van der Waals surface area contributed by atoms with E-state index < -0.39 is 31.9 Å². The van der Waals surface area contributed by atoms with Crippen molar-refractivity contribution in [2.45, 2.75) is 24.6 Å². The van der Waals surface area contributed by atoms with Crippen LogP contribution in [0.25, 0.3) is 21.9 Å². The summed E-state index contributed by atoms with van der Waals surface area (Å²) in [6, 6.07) is 8.42. The van der Waals surface area contributed by atoms with Crippen LogP contribution >= 0.6 is 0 Å². The number of nitrogens with one attached hydrogen (secondary N) is 1. The number of hydrogen-bond acceptors (Lipinski definition) is 7. The fourth-order valence-corrected chi connectivity index (χ4v) is 4.28. The summed E-state index contributed by atoms with van der Waals surface area (Å²) < 4.78 is 38.2. The molecule has 0 spiro atoms. The molecule has 2 N–H and O–H groups in total. The van der Waals surface area contributed by atoms with Crippen LogP contribution in [-0.2, 0) is 21.2 Å². The Balaban J connectivity index is 1.98. The Morgan fingerprint density at radius 3 is 2.42 bits per heavy atom. The maximum Gasteiger partial charge on any atom is 0.264 e. The highest BCUT2D eigenvalue weighted by atomic mass is 32.2. The predicted molar refractivity (Wildman–Crippen MR) is 124 cm³/mol. The molecular formula is C22H25FN4O5S. The Bertz CT molecular complexity index is 1370. The standard InChI is InChI=1S/C22H25FN4O5S/c1-22(21(29)25-30,33(4,31)32)9-10-27-13-18(23)17-11-14(5-7-16(17)20(27)28)15-6-8-19(24-12-15)26(2)3/h5-8,11-13,30H,9-10H2,1-4H3,(H,25,29)/t22-/m1/s1. The second kappa shape index (κ2) is 8.91. The Labute approximate surface area is 190 Å². The minimum Gasteiger partial charge on any atom is -0.363 e. The van der Waals surface area contributed by atoms with E-state index in [0.29, 0.717) is 5.56 Å². The van der Waals surface area contributed by atoms with Crippen LogP contribution in [0, 0.1) is 5.82 Å². The Kier molecular flexibility index (Phi) is 6.57. The molecule has 0 unspecified atom stereocenters. The van der Waals surface area contributed by atoms with Crippen LogP contribution in [0.5, 0.6) is 0 Å². The van der Waals surface area contributed by atoms with Gasteiger partial charge in [-0.3, -0.25) is 14.8 Å². The van der Waals surface area contributed by atoms with E-state index in [9.17, 15) is 22.4 Å². The monoisotopic (exact) mass is 476 g/mol. The Morgan fingerprint density at radius 2 is 1.88 bits per heavy atom. The van der Waals surface area contributed by atoms with E-state index in [1.165, 1.54) is 11.5 Å². The molecule has 0 radical (unpaired) electrons. The molecule has 9 nitrogen and oxygen atoms in total. The summed E-state index contributed by atoms with van der Waals surface area (Å²) >= 11 is 0. The Hall–Kier alpha value is -3.31. The van der Waals surface area contributed by atoms with Gasteiger partial charge >= 0.3 is 0 Å². The molecule has 0 saturated carbocycles. The van der Waals surface area contributed by atoms with Crippen LogP contribution in [0.15, 0.2) is 47.5 Å². The van der Waals surface area contributed by atoms with Crippen molar-refractivity contribution in [2.75, 3.05) is 25.3 Å². The van der Waals surface area contributed by atoms with Crippen molar-refractivity contribution in [3.05, 3.63) is 58.9 Å². The van der Waals surface area contributed by atoms with Crippen molar-refractivity contribution in [3.8, 4) is 11.1 Å². The van der Waals surface area contributed by atoms with Crippen molar-refractivity contribution >= 4 is 32.3 Å². The highest BCUT2D eigenvalue weighted by Crippen LogP contribution is 2.26. The first-order chi connectivity index (χ1) is 15.4. The number of carbonyl (C=O) groups is 1. The van der Waals surface area contributed by atoms with Gasteiger partial charge in [-0.05, 0) is 43.2 Å². The van der Waals surface area contributed by atoms with Gasteiger partial charge in [0.05, 0.1) is 5.39 Å². The molecule has 3 rings (SSSR count). The number of aromatic nitrogens is 2. The average molecular weight is 477 g/mol. The Morgan fingerprint density at radius 1 is 1.21 bits per heavy atom. The maximum atomic E-state index is 15.0. The zero-order chi connectivity index (χ0) is 24.6. The van der Waals surface area contributed by atoms with Crippen molar-refractivity contribution in [1.29, 1.82) is 0 Å². The molecule has 1 aromatic carbocycles. The highest BCUT2D eigenvalue weighted by molar-refractivity contribution is 7.92.